The van der Waals surface area contributed by atoms with E-state index in [2.05, 4.69) is 6.58 Å². The van der Waals surface area contributed by atoms with E-state index in [0.29, 0.717) is 12.3 Å². The first-order chi connectivity index (χ1) is 5.24. The third kappa shape index (κ3) is 2.74. The number of hydrogen-bond acceptors (Lipinski definition) is 1. The first-order valence-electron chi connectivity index (χ1n) is 4.07. The van der Waals surface area contributed by atoms with Gasteiger partial charge in [0, 0.05) is 0 Å². The minimum absolute atomic E-state index is 0.181. The van der Waals surface area contributed by atoms with Gasteiger partial charge in [0.2, 0.25) is 0 Å². The summed E-state index contributed by atoms with van der Waals surface area (Å²) in [7, 11) is 0. The second-order valence-corrected chi connectivity index (χ2v) is 3.24. The summed E-state index contributed by atoms with van der Waals surface area (Å²) in [6.45, 7) is 3.55. The molecule has 0 aromatic carbocycles. The molecule has 0 aromatic heterocycles. The predicted octanol–water partition coefficient (Wildman–Crippen LogP) is 2.06. The molecule has 0 amide bonds. The lowest BCUT2D eigenvalue weighted by Crippen LogP contribution is -2.13. The lowest BCUT2D eigenvalue weighted by molar-refractivity contribution is -0.142. The molecule has 0 heterocycles. The van der Waals surface area contributed by atoms with E-state index in [-0.39, 0.29) is 5.92 Å². The van der Waals surface area contributed by atoms with Gasteiger partial charge in [-0.3, -0.25) is 4.79 Å². The third-order valence-electron chi connectivity index (χ3n) is 2.12. The van der Waals surface area contributed by atoms with Gasteiger partial charge in [0.1, 0.15) is 0 Å². The van der Waals surface area contributed by atoms with Gasteiger partial charge < -0.3 is 5.11 Å². The van der Waals surface area contributed by atoms with Crippen LogP contribution in [0.3, 0.4) is 0 Å². The van der Waals surface area contributed by atoms with Crippen molar-refractivity contribution in [2.45, 2.75) is 25.7 Å². The van der Waals surface area contributed by atoms with Crippen LogP contribution in [0.5, 0.6) is 0 Å². The highest BCUT2D eigenvalue weighted by Gasteiger charge is 2.28. The molecular formula is C9H14O2. The molecule has 0 aromatic rings. The Kier molecular flexibility index (Phi) is 2.69. The lowest BCUT2D eigenvalue weighted by Gasteiger charge is -2.07. The molecular weight excluding hydrogens is 140 g/mol. The van der Waals surface area contributed by atoms with Crippen molar-refractivity contribution in [3.8, 4) is 0 Å². The summed E-state index contributed by atoms with van der Waals surface area (Å²) in [5.74, 6) is -0.159. The summed E-state index contributed by atoms with van der Waals surface area (Å²) in [4.78, 5) is 10.6. The van der Waals surface area contributed by atoms with Gasteiger partial charge in [-0.05, 0) is 18.8 Å². The molecule has 1 saturated carbocycles. The van der Waals surface area contributed by atoms with Crippen LogP contribution >= 0.6 is 0 Å². The van der Waals surface area contributed by atoms with Crippen molar-refractivity contribution in [3.05, 3.63) is 12.7 Å². The summed E-state index contributed by atoms with van der Waals surface area (Å²) in [5.41, 5.74) is 0. The third-order valence-corrected chi connectivity index (χ3v) is 2.12. The molecule has 1 aliphatic carbocycles. The molecule has 0 spiro atoms. The van der Waals surface area contributed by atoms with Crippen LogP contribution in [0.25, 0.3) is 0 Å². The van der Waals surface area contributed by atoms with Crippen molar-refractivity contribution >= 4 is 5.97 Å². The van der Waals surface area contributed by atoms with E-state index in [1.165, 1.54) is 12.8 Å². The maximum absolute atomic E-state index is 10.6. The van der Waals surface area contributed by atoms with Crippen LogP contribution in [-0.4, -0.2) is 11.1 Å². The highest BCUT2D eigenvalue weighted by molar-refractivity contribution is 5.70. The van der Waals surface area contributed by atoms with E-state index in [9.17, 15) is 4.79 Å². The zero-order valence-corrected chi connectivity index (χ0v) is 6.62. The topological polar surface area (TPSA) is 37.3 Å². The molecule has 0 aliphatic heterocycles. The SMILES string of the molecule is C=CC[C@@H](CC1CC1)C(=O)O. The Bertz CT molecular complexity index is 159. The minimum atomic E-state index is -0.670. The van der Waals surface area contributed by atoms with Gasteiger partial charge in [-0.15, -0.1) is 6.58 Å². The molecule has 2 heteroatoms. The van der Waals surface area contributed by atoms with Crippen molar-refractivity contribution < 1.29 is 9.90 Å². The molecule has 62 valence electrons. The average Bonchev–Trinajstić information content (AvgIpc) is 2.70. The summed E-state index contributed by atoms with van der Waals surface area (Å²) in [6, 6.07) is 0. The first kappa shape index (κ1) is 8.31. The maximum atomic E-state index is 10.6. The zero-order chi connectivity index (χ0) is 8.27. The Morgan fingerprint density at radius 3 is 2.73 bits per heavy atom. The lowest BCUT2D eigenvalue weighted by atomic mass is 9.99. The molecule has 1 fully saturated rings. The summed E-state index contributed by atoms with van der Waals surface area (Å²) in [6.07, 6.45) is 5.61. The molecule has 0 radical (unpaired) electrons. The molecule has 1 aliphatic rings. The predicted molar refractivity (Wildman–Crippen MR) is 43.3 cm³/mol. The van der Waals surface area contributed by atoms with Crippen molar-refractivity contribution in [1.29, 1.82) is 0 Å². The van der Waals surface area contributed by atoms with Gasteiger partial charge in [-0.1, -0.05) is 18.9 Å². The quantitative estimate of drug-likeness (QED) is 0.615. The van der Waals surface area contributed by atoms with Crippen molar-refractivity contribution in [3.63, 3.8) is 0 Å². The van der Waals surface area contributed by atoms with E-state index in [1.54, 1.807) is 6.08 Å². The largest absolute Gasteiger partial charge is 0.481 e. The van der Waals surface area contributed by atoms with Gasteiger partial charge in [0.25, 0.3) is 0 Å². The molecule has 11 heavy (non-hydrogen) atoms. The van der Waals surface area contributed by atoms with Gasteiger partial charge in [-0.25, -0.2) is 0 Å². The Morgan fingerprint density at radius 1 is 1.73 bits per heavy atom. The van der Waals surface area contributed by atoms with E-state index in [1.807, 2.05) is 0 Å². The van der Waals surface area contributed by atoms with Crippen LogP contribution in [0, 0.1) is 11.8 Å². The van der Waals surface area contributed by atoms with Crippen LogP contribution in [0.2, 0.25) is 0 Å². The molecule has 2 nitrogen and oxygen atoms in total. The van der Waals surface area contributed by atoms with E-state index >= 15 is 0 Å². The van der Waals surface area contributed by atoms with Crippen LogP contribution in [0.4, 0.5) is 0 Å². The average molecular weight is 154 g/mol. The van der Waals surface area contributed by atoms with Crippen molar-refractivity contribution in [2.24, 2.45) is 11.8 Å². The normalized spacial score (nSPS) is 19.3. The Morgan fingerprint density at radius 2 is 2.36 bits per heavy atom. The summed E-state index contributed by atoms with van der Waals surface area (Å²) >= 11 is 0. The van der Waals surface area contributed by atoms with Crippen molar-refractivity contribution in [1.82, 2.24) is 0 Å². The number of carbonyl (C=O) groups is 1. The van der Waals surface area contributed by atoms with Crippen LogP contribution in [-0.2, 0) is 4.79 Å². The monoisotopic (exact) mass is 154 g/mol. The Hall–Kier alpha value is -0.790. The zero-order valence-electron chi connectivity index (χ0n) is 6.62. The maximum Gasteiger partial charge on any atom is 0.306 e. The molecule has 0 bridgehead atoms. The molecule has 1 atom stereocenters. The molecule has 1 rings (SSSR count). The molecule has 0 saturated heterocycles. The fraction of sp³-hybridized carbons (Fsp3) is 0.667. The number of carboxylic acids is 1. The smallest absolute Gasteiger partial charge is 0.306 e. The number of carboxylic acid groups (broad SMARTS) is 1. The summed E-state index contributed by atoms with van der Waals surface area (Å²) in [5, 5.41) is 8.73. The van der Waals surface area contributed by atoms with Gasteiger partial charge in [-0.2, -0.15) is 0 Å². The Labute approximate surface area is 66.9 Å². The minimum Gasteiger partial charge on any atom is -0.481 e. The highest BCUT2D eigenvalue weighted by atomic mass is 16.4. The number of aliphatic carboxylic acids is 1. The van der Waals surface area contributed by atoms with Crippen LogP contribution in [0.1, 0.15) is 25.7 Å². The van der Waals surface area contributed by atoms with Gasteiger partial charge in [0.05, 0.1) is 5.92 Å². The van der Waals surface area contributed by atoms with Crippen molar-refractivity contribution in [2.75, 3.05) is 0 Å². The fourth-order valence-electron chi connectivity index (χ4n) is 1.25. The second-order valence-electron chi connectivity index (χ2n) is 3.24. The number of allylic oxidation sites excluding steroid dienone is 1. The number of hydrogen-bond donors (Lipinski definition) is 1. The molecule has 1 N–H and O–H groups in total. The number of rotatable bonds is 5. The van der Waals surface area contributed by atoms with E-state index < -0.39 is 5.97 Å². The standard InChI is InChI=1S/C9H14O2/c1-2-3-8(9(10)11)6-7-4-5-7/h2,7-8H,1,3-6H2,(H,10,11)/t8-/m0/s1. The van der Waals surface area contributed by atoms with E-state index in [4.69, 9.17) is 5.11 Å². The first-order valence-corrected chi connectivity index (χ1v) is 4.07. The second kappa shape index (κ2) is 3.56. The summed E-state index contributed by atoms with van der Waals surface area (Å²) < 4.78 is 0. The van der Waals surface area contributed by atoms with Gasteiger partial charge in [0.15, 0.2) is 0 Å². The van der Waals surface area contributed by atoms with E-state index in [0.717, 1.165) is 6.42 Å². The molecule has 0 unspecified atom stereocenters. The fourth-order valence-corrected chi connectivity index (χ4v) is 1.25. The van der Waals surface area contributed by atoms with Crippen LogP contribution < -0.4 is 0 Å². The van der Waals surface area contributed by atoms with Gasteiger partial charge >= 0.3 is 5.97 Å². The van der Waals surface area contributed by atoms with Crippen LogP contribution in [0.15, 0.2) is 12.7 Å². The Balaban J connectivity index is 2.30. The highest BCUT2D eigenvalue weighted by Crippen LogP contribution is 2.36.